The van der Waals surface area contributed by atoms with E-state index < -0.39 is 6.36 Å². The number of halogens is 3. The van der Waals surface area contributed by atoms with Gasteiger partial charge < -0.3 is 19.9 Å². The number of ether oxygens (including phenoxy) is 3. The van der Waals surface area contributed by atoms with E-state index in [0.717, 1.165) is 25.7 Å². The summed E-state index contributed by atoms with van der Waals surface area (Å²) in [6.07, 6.45) is -1.29. The second-order valence-electron chi connectivity index (χ2n) is 7.11. The van der Waals surface area contributed by atoms with Gasteiger partial charge in [0.05, 0.1) is 12.5 Å². The third kappa shape index (κ3) is 4.86. The zero-order valence-corrected chi connectivity index (χ0v) is 15.1. The largest absolute Gasteiger partial charge is 0.573 e. The van der Waals surface area contributed by atoms with E-state index in [1.165, 1.54) is 18.2 Å². The number of carbonyl (C=O) groups excluding carboxylic acids is 1. The van der Waals surface area contributed by atoms with Crippen LogP contribution in [0.2, 0.25) is 0 Å². The second-order valence-corrected chi connectivity index (χ2v) is 7.11. The summed E-state index contributed by atoms with van der Waals surface area (Å²) in [6.45, 7) is 2.16. The molecular weight excluding hydrogens is 363 g/mol. The van der Waals surface area contributed by atoms with E-state index in [4.69, 9.17) is 15.2 Å². The van der Waals surface area contributed by atoms with Crippen LogP contribution in [0.15, 0.2) is 18.2 Å². The van der Waals surface area contributed by atoms with Crippen molar-refractivity contribution in [3.63, 3.8) is 0 Å². The van der Waals surface area contributed by atoms with Crippen LogP contribution in [-0.2, 0) is 9.53 Å². The Morgan fingerprint density at radius 2 is 1.96 bits per heavy atom. The molecule has 2 N–H and O–H groups in total. The Kier molecular flexibility index (Phi) is 5.83. The van der Waals surface area contributed by atoms with E-state index in [0.29, 0.717) is 24.3 Å². The molecular formula is C19H24F3NO4. The number of rotatable bonds is 4. The molecule has 1 aliphatic carbocycles. The van der Waals surface area contributed by atoms with Crippen LogP contribution >= 0.6 is 0 Å². The first-order chi connectivity index (χ1) is 12.8. The van der Waals surface area contributed by atoms with Crippen molar-refractivity contribution < 1.29 is 32.2 Å². The van der Waals surface area contributed by atoms with Gasteiger partial charge in [0.15, 0.2) is 0 Å². The van der Waals surface area contributed by atoms with Crippen LogP contribution in [0, 0.1) is 11.8 Å². The van der Waals surface area contributed by atoms with Gasteiger partial charge in [-0.3, -0.25) is 4.79 Å². The molecule has 1 heterocycles. The van der Waals surface area contributed by atoms with Gasteiger partial charge in [-0.1, -0.05) is 6.07 Å². The topological polar surface area (TPSA) is 70.8 Å². The summed E-state index contributed by atoms with van der Waals surface area (Å²) in [5.41, 5.74) is 6.90. The first kappa shape index (κ1) is 19.8. The van der Waals surface area contributed by atoms with Crippen molar-refractivity contribution in [1.29, 1.82) is 0 Å². The first-order valence-electron chi connectivity index (χ1n) is 9.25. The quantitative estimate of drug-likeness (QED) is 0.788. The van der Waals surface area contributed by atoms with Gasteiger partial charge in [-0.05, 0) is 44.6 Å². The van der Waals surface area contributed by atoms with Crippen LogP contribution in [0.5, 0.6) is 11.5 Å². The minimum Gasteiger partial charge on any atom is -0.490 e. The highest BCUT2D eigenvalue weighted by molar-refractivity contribution is 5.72. The van der Waals surface area contributed by atoms with Gasteiger partial charge in [0.1, 0.15) is 17.6 Å². The maximum absolute atomic E-state index is 12.4. The molecule has 27 heavy (non-hydrogen) atoms. The first-order valence-corrected chi connectivity index (χ1v) is 9.25. The highest BCUT2D eigenvalue weighted by atomic mass is 19.4. The van der Waals surface area contributed by atoms with Gasteiger partial charge in [0.2, 0.25) is 0 Å². The number of fused-ring (bicyclic) bond motifs is 1. The lowest BCUT2D eigenvalue weighted by atomic mass is 9.77. The molecule has 8 heteroatoms. The van der Waals surface area contributed by atoms with Crippen molar-refractivity contribution in [2.45, 2.75) is 57.5 Å². The summed E-state index contributed by atoms with van der Waals surface area (Å²) in [6, 6.07) is 3.72. The zero-order chi connectivity index (χ0) is 19.6. The number of alkyl halides is 3. The summed E-state index contributed by atoms with van der Waals surface area (Å²) in [5.74, 6) is -0.00996. The summed E-state index contributed by atoms with van der Waals surface area (Å²) in [7, 11) is 0. The summed E-state index contributed by atoms with van der Waals surface area (Å²) < 4.78 is 52.4. The summed E-state index contributed by atoms with van der Waals surface area (Å²) in [4.78, 5) is 11.9. The molecule has 0 radical (unpaired) electrons. The van der Waals surface area contributed by atoms with Crippen molar-refractivity contribution in [2.24, 2.45) is 17.6 Å². The number of hydrogen-bond acceptors (Lipinski definition) is 5. The highest BCUT2D eigenvalue weighted by Crippen LogP contribution is 2.42. The molecule has 5 nitrogen and oxygen atoms in total. The SMILES string of the molecule is CCOC(=O)[C@H]1CC[C@H]([C@@H]2C[C@H](N)c3ccc(OC(F)(F)F)cc3O2)CC1. The van der Waals surface area contributed by atoms with Gasteiger partial charge in [0, 0.05) is 24.1 Å². The number of nitrogens with two attached hydrogens (primary N) is 1. The highest BCUT2D eigenvalue weighted by Gasteiger charge is 2.37. The molecule has 1 aromatic rings. The van der Waals surface area contributed by atoms with Crippen molar-refractivity contribution in [3.8, 4) is 11.5 Å². The lowest BCUT2D eigenvalue weighted by Gasteiger charge is -2.38. The Morgan fingerprint density at radius 1 is 1.26 bits per heavy atom. The molecule has 0 saturated heterocycles. The smallest absolute Gasteiger partial charge is 0.490 e. The van der Waals surface area contributed by atoms with E-state index in [1.807, 2.05) is 0 Å². The monoisotopic (exact) mass is 387 g/mol. The lowest BCUT2D eigenvalue weighted by Crippen LogP contribution is -2.38. The fourth-order valence-corrected chi connectivity index (χ4v) is 3.98. The van der Waals surface area contributed by atoms with Crippen LogP contribution in [0.4, 0.5) is 13.2 Å². The molecule has 0 spiro atoms. The molecule has 1 aliphatic heterocycles. The van der Waals surface area contributed by atoms with Crippen LogP contribution in [0.3, 0.4) is 0 Å². The molecule has 1 saturated carbocycles. The Hall–Kier alpha value is -1.96. The molecule has 2 atom stereocenters. The van der Waals surface area contributed by atoms with E-state index in [1.54, 1.807) is 6.92 Å². The minimum absolute atomic E-state index is 0.0856. The molecule has 150 valence electrons. The van der Waals surface area contributed by atoms with Crippen molar-refractivity contribution in [3.05, 3.63) is 23.8 Å². The molecule has 0 bridgehead atoms. The average molecular weight is 387 g/mol. The van der Waals surface area contributed by atoms with Gasteiger partial charge >= 0.3 is 12.3 Å². The van der Waals surface area contributed by atoms with Crippen molar-refractivity contribution in [2.75, 3.05) is 6.61 Å². The Bertz CT molecular complexity index is 671. The van der Waals surface area contributed by atoms with Crippen LogP contribution < -0.4 is 15.2 Å². The van der Waals surface area contributed by atoms with Crippen molar-refractivity contribution in [1.82, 2.24) is 0 Å². The maximum Gasteiger partial charge on any atom is 0.573 e. The molecule has 2 aliphatic rings. The van der Waals surface area contributed by atoms with E-state index in [2.05, 4.69) is 4.74 Å². The third-order valence-corrected chi connectivity index (χ3v) is 5.30. The number of esters is 1. The van der Waals surface area contributed by atoms with Crippen molar-refractivity contribution >= 4 is 5.97 Å². The van der Waals surface area contributed by atoms with E-state index in [9.17, 15) is 18.0 Å². The zero-order valence-electron chi connectivity index (χ0n) is 15.1. The third-order valence-electron chi connectivity index (χ3n) is 5.30. The summed E-state index contributed by atoms with van der Waals surface area (Å²) in [5, 5.41) is 0. The Morgan fingerprint density at radius 3 is 2.59 bits per heavy atom. The normalized spacial score (nSPS) is 28.0. The van der Waals surface area contributed by atoms with Crippen LogP contribution in [0.1, 0.15) is 50.6 Å². The Labute approximate surface area is 156 Å². The molecule has 0 aromatic heterocycles. The molecule has 1 aromatic carbocycles. The van der Waals surface area contributed by atoms with E-state index >= 15 is 0 Å². The molecule has 0 amide bonds. The fraction of sp³-hybridized carbons (Fsp3) is 0.632. The average Bonchev–Trinajstić information content (AvgIpc) is 2.60. The van der Waals surface area contributed by atoms with Crippen LogP contribution in [-0.4, -0.2) is 25.0 Å². The molecule has 1 fully saturated rings. The molecule has 0 unspecified atom stereocenters. The number of carbonyl (C=O) groups is 1. The van der Waals surface area contributed by atoms with Gasteiger partial charge in [0.25, 0.3) is 0 Å². The van der Waals surface area contributed by atoms with Crippen LogP contribution in [0.25, 0.3) is 0 Å². The molecule has 3 rings (SSSR count). The van der Waals surface area contributed by atoms with Gasteiger partial charge in [-0.15, -0.1) is 13.2 Å². The number of benzene rings is 1. The minimum atomic E-state index is -4.75. The van der Waals surface area contributed by atoms with E-state index in [-0.39, 0.29) is 35.7 Å². The second kappa shape index (κ2) is 7.96. The Balaban J connectivity index is 1.65. The standard InChI is InChI=1S/C19H24F3NO4/c1-2-25-18(24)12-5-3-11(4-6-12)16-10-15(23)14-8-7-13(9-17(14)26-16)27-19(20,21)22/h7-9,11-12,15-16H,2-6,10,23H2,1H3/t11-,12-,15-,16-/m0/s1. The lowest BCUT2D eigenvalue weighted by molar-refractivity contribution is -0.274. The summed E-state index contributed by atoms with van der Waals surface area (Å²) >= 11 is 0. The van der Waals surface area contributed by atoms with Gasteiger partial charge in [-0.25, -0.2) is 0 Å². The maximum atomic E-state index is 12.4. The predicted octanol–water partition coefficient (Wildman–Crippen LogP) is 4.11. The predicted molar refractivity (Wildman–Crippen MR) is 91.2 cm³/mol. The fourth-order valence-electron chi connectivity index (χ4n) is 3.98. The number of hydrogen-bond donors (Lipinski definition) is 1. The van der Waals surface area contributed by atoms with Gasteiger partial charge in [-0.2, -0.15) is 0 Å².